The molecule has 4 rings (SSSR count). The van der Waals surface area contributed by atoms with Crippen molar-refractivity contribution in [2.75, 3.05) is 19.6 Å². The summed E-state index contributed by atoms with van der Waals surface area (Å²) in [4.78, 5) is 39.0. The molecule has 1 aromatic carbocycles. The Morgan fingerprint density at radius 3 is 2.54 bits per heavy atom. The molecule has 2 aliphatic rings. The Morgan fingerprint density at radius 2 is 1.93 bits per heavy atom. The number of nitrogens with zero attached hydrogens (tertiary/aromatic N) is 2. The number of carbonyl (C=O) groups is 3. The van der Waals surface area contributed by atoms with E-state index in [4.69, 9.17) is 0 Å². The van der Waals surface area contributed by atoms with Crippen LogP contribution >= 0.6 is 0 Å². The van der Waals surface area contributed by atoms with E-state index in [-0.39, 0.29) is 29.1 Å². The number of piperidine rings is 1. The van der Waals surface area contributed by atoms with Gasteiger partial charge in [0, 0.05) is 48.7 Å². The minimum atomic E-state index is -0.324. The van der Waals surface area contributed by atoms with Gasteiger partial charge in [-0.2, -0.15) is 0 Å². The molecule has 0 radical (unpaired) electrons. The lowest BCUT2D eigenvalue weighted by atomic mass is 9.77. The van der Waals surface area contributed by atoms with E-state index >= 15 is 0 Å². The van der Waals surface area contributed by atoms with Crippen LogP contribution < -0.4 is 5.32 Å². The highest BCUT2D eigenvalue weighted by Gasteiger charge is 2.42. The van der Waals surface area contributed by atoms with Crippen molar-refractivity contribution < 1.29 is 14.4 Å². The fourth-order valence-corrected chi connectivity index (χ4v) is 4.75. The van der Waals surface area contributed by atoms with Crippen LogP contribution in [0.1, 0.15) is 55.9 Å². The molecule has 3 heterocycles. The van der Waals surface area contributed by atoms with Crippen LogP contribution in [-0.4, -0.2) is 46.7 Å². The maximum Gasteiger partial charge on any atom is 0.245 e. The average molecular weight is 381 g/mol. The minimum absolute atomic E-state index is 0.00978. The summed E-state index contributed by atoms with van der Waals surface area (Å²) in [5, 5.41) is 3.84. The van der Waals surface area contributed by atoms with Gasteiger partial charge in [0.15, 0.2) is 5.78 Å². The summed E-state index contributed by atoms with van der Waals surface area (Å²) in [6, 6.07) is 7.44. The molecule has 2 aromatic rings. The molecule has 0 unspecified atom stereocenters. The molecule has 0 bridgehead atoms. The Balaban J connectivity index is 1.58. The number of benzene rings is 1. The van der Waals surface area contributed by atoms with Crippen molar-refractivity contribution in [3.05, 3.63) is 36.0 Å². The molecule has 148 valence electrons. The molecule has 6 nitrogen and oxygen atoms in total. The molecular weight excluding hydrogens is 354 g/mol. The fourth-order valence-electron chi connectivity index (χ4n) is 4.75. The SMILES string of the molecule is CC[C@H](C(=O)N1CCC2(CC1)CNC(=O)C2)n1cc(C(C)=O)c2ccccc21. The predicted octanol–water partition coefficient (Wildman–Crippen LogP) is 2.92. The summed E-state index contributed by atoms with van der Waals surface area (Å²) in [5.41, 5.74) is 1.61. The van der Waals surface area contributed by atoms with Crippen molar-refractivity contribution in [1.82, 2.24) is 14.8 Å². The molecule has 2 amide bonds. The van der Waals surface area contributed by atoms with Crippen molar-refractivity contribution in [2.24, 2.45) is 5.41 Å². The van der Waals surface area contributed by atoms with Crippen LogP contribution in [0, 0.1) is 5.41 Å². The summed E-state index contributed by atoms with van der Waals surface area (Å²) in [6.07, 6.45) is 4.80. The first kappa shape index (κ1) is 18.7. The van der Waals surface area contributed by atoms with Gasteiger partial charge in [0.25, 0.3) is 0 Å². The number of ketones is 1. The van der Waals surface area contributed by atoms with E-state index in [1.807, 2.05) is 46.9 Å². The number of hydrogen-bond donors (Lipinski definition) is 1. The summed E-state index contributed by atoms with van der Waals surface area (Å²) >= 11 is 0. The molecule has 28 heavy (non-hydrogen) atoms. The third kappa shape index (κ3) is 3.11. The zero-order chi connectivity index (χ0) is 19.9. The van der Waals surface area contributed by atoms with Crippen LogP contribution in [0.2, 0.25) is 0 Å². The molecule has 2 aliphatic heterocycles. The number of hydrogen-bond acceptors (Lipinski definition) is 3. The first-order valence-electron chi connectivity index (χ1n) is 10.1. The fraction of sp³-hybridized carbons (Fsp3) is 0.500. The van der Waals surface area contributed by atoms with Crippen LogP contribution in [0.3, 0.4) is 0 Å². The molecule has 6 heteroatoms. The Hall–Kier alpha value is -2.63. The average Bonchev–Trinajstić information content (AvgIpc) is 3.24. The van der Waals surface area contributed by atoms with E-state index in [1.54, 1.807) is 6.92 Å². The number of para-hydroxylation sites is 1. The van der Waals surface area contributed by atoms with Gasteiger partial charge in [-0.15, -0.1) is 0 Å². The standard InChI is InChI=1S/C22H27N3O3/c1-3-18(25-13-17(15(2)26)16-6-4-5-7-19(16)25)21(28)24-10-8-22(9-11-24)12-20(27)23-14-22/h4-7,13,18H,3,8-12,14H2,1-2H3,(H,23,27)/t18-/m1/s1. The highest BCUT2D eigenvalue weighted by molar-refractivity contribution is 6.07. The minimum Gasteiger partial charge on any atom is -0.356 e. The second-order valence-corrected chi connectivity index (χ2v) is 8.23. The largest absolute Gasteiger partial charge is 0.356 e. The van der Waals surface area contributed by atoms with Gasteiger partial charge in [-0.05, 0) is 37.7 Å². The maximum absolute atomic E-state index is 13.4. The molecular formula is C22H27N3O3. The predicted molar refractivity (Wildman–Crippen MR) is 107 cm³/mol. The topological polar surface area (TPSA) is 71.4 Å². The third-order valence-electron chi connectivity index (χ3n) is 6.46. The van der Waals surface area contributed by atoms with Gasteiger partial charge < -0.3 is 14.8 Å². The monoisotopic (exact) mass is 381 g/mol. The van der Waals surface area contributed by atoms with Crippen LogP contribution in [-0.2, 0) is 9.59 Å². The molecule has 0 saturated carbocycles. The number of aromatic nitrogens is 1. The summed E-state index contributed by atoms with van der Waals surface area (Å²) in [7, 11) is 0. The first-order chi connectivity index (χ1) is 13.4. The Kier molecular flexibility index (Phi) is 4.73. The number of Topliss-reactive ketones (excluding diaryl/α,β-unsaturated/α-hetero) is 1. The molecule has 0 aliphatic carbocycles. The van der Waals surface area contributed by atoms with Gasteiger partial charge in [-0.3, -0.25) is 14.4 Å². The molecule has 1 spiro atoms. The zero-order valence-corrected chi connectivity index (χ0v) is 16.5. The van der Waals surface area contributed by atoms with Crippen molar-refractivity contribution in [2.45, 2.75) is 45.6 Å². The van der Waals surface area contributed by atoms with E-state index in [0.29, 0.717) is 31.5 Å². The van der Waals surface area contributed by atoms with Gasteiger partial charge in [0.2, 0.25) is 11.8 Å². The highest BCUT2D eigenvalue weighted by Crippen LogP contribution is 2.38. The van der Waals surface area contributed by atoms with Crippen LogP contribution in [0.5, 0.6) is 0 Å². The van der Waals surface area contributed by atoms with E-state index < -0.39 is 0 Å². The highest BCUT2D eigenvalue weighted by atomic mass is 16.2. The lowest BCUT2D eigenvalue weighted by Crippen LogP contribution is -2.46. The number of carbonyl (C=O) groups excluding carboxylic acids is 3. The number of nitrogens with one attached hydrogen (secondary N) is 1. The van der Waals surface area contributed by atoms with Crippen molar-refractivity contribution >= 4 is 28.5 Å². The lowest BCUT2D eigenvalue weighted by molar-refractivity contribution is -0.137. The normalized spacial score (nSPS) is 19.8. The summed E-state index contributed by atoms with van der Waals surface area (Å²) < 4.78 is 1.97. The number of rotatable bonds is 4. The number of amides is 2. The summed E-state index contributed by atoms with van der Waals surface area (Å²) in [5.74, 6) is 0.239. The molecule has 1 N–H and O–H groups in total. The quantitative estimate of drug-likeness (QED) is 0.828. The van der Waals surface area contributed by atoms with Crippen molar-refractivity contribution in [3.8, 4) is 0 Å². The second kappa shape index (κ2) is 7.08. The smallest absolute Gasteiger partial charge is 0.245 e. The lowest BCUT2D eigenvalue weighted by Gasteiger charge is -2.39. The van der Waals surface area contributed by atoms with Gasteiger partial charge in [0.1, 0.15) is 6.04 Å². The second-order valence-electron chi connectivity index (χ2n) is 8.23. The van der Waals surface area contributed by atoms with Gasteiger partial charge in [-0.25, -0.2) is 0 Å². The Bertz CT molecular complexity index is 938. The Labute approximate surface area is 164 Å². The van der Waals surface area contributed by atoms with Gasteiger partial charge in [-0.1, -0.05) is 25.1 Å². The van der Waals surface area contributed by atoms with E-state index in [2.05, 4.69) is 5.32 Å². The molecule has 1 aromatic heterocycles. The summed E-state index contributed by atoms with van der Waals surface area (Å²) in [6.45, 7) is 5.67. The van der Waals surface area contributed by atoms with Crippen molar-refractivity contribution in [3.63, 3.8) is 0 Å². The maximum atomic E-state index is 13.4. The van der Waals surface area contributed by atoms with Gasteiger partial charge >= 0.3 is 0 Å². The first-order valence-corrected chi connectivity index (χ1v) is 10.1. The van der Waals surface area contributed by atoms with E-state index in [9.17, 15) is 14.4 Å². The van der Waals surface area contributed by atoms with Gasteiger partial charge in [0.05, 0.1) is 0 Å². The Morgan fingerprint density at radius 1 is 1.21 bits per heavy atom. The molecule has 1 atom stereocenters. The number of likely N-dealkylation sites (tertiary alicyclic amines) is 1. The van der Waals surface area contributed by atoms with E-state index in [1.165, 1.54) is 0 Å². The van der Waals surface area contributed by atoms with Crippen LogP contribution in [0.25, 0.3) is 10.9 Å². The van der Waals surface area contributed by atoms with Crippen molar-refractivity contribution in [1.29, 1.82) is 0 Å². The third-order valence-corrected chi connectivity index (χ3v) is 6.46. The van der Waals surface area contributed by atoms with Crippen LogP contribution in [0.15, 0.2) is 30.5 Å². The zero-order valence-electron chi connectivity index (χ0n) is 16.5. The van der Waals surface area contributed by atoms with E-state index in [0.717, 1.165) is 30.3 Å². The number of fused-ring (bicyclic) bond motifs is 1. The van der Waals surface area contributed by atoms with Crippen LogP contribution in [0.4, 0.5) is 0 Å². The molecule has 2 fully saturated rings. The molecule has 2 saturated heterocycles.